The molecule has 0 aromatic heterocycles. The third-order valence-electron chi connectivity index (χ3n) is 8.70. The first-order chi connectivity index (χ1) is 13.1. The summed E-state index contributed by atoms with van der Waals surface area (Å²) in [4.78, 5) is 12.5. The molecule has 0 heterocycles. The number of rotatable bonds is 7. The van der Waals surface area contributed by atoms with Crippen LogP contribution in [0.5, 0.6) is 0 Å². The molecule has 4 aliphatic carbocycles. The van der Waals surface area contributed by atoms with Gasteiger partial charge in [-0.25, -0.2) is 0 Å². The van der Waals surface area contributed by atoms with Gasteiger partial charge in [-0.15, -0.1) is 0 Å². The Kier molecular flexibility index (Phi) is 6.12. The van der Waals surface area contributed by atoms with Crippen LogP contribution in [0.15, 0.2) is 11.6 Å². The fourth-order valence-corrected chi connectivity index (χ4v) is 7.14. The number of carbonyl (C=O) groups excluding carboxylic acids is 1. The number of ketones is 1. The highest BCUT2D eigenvalue weighted by atomic mass is 16.5. The first-order valence-electron chi connectivity index (χ1n) is 12.0. The maximum Gasteiger partial charge on any atom is 0.139 e. The zero-order valence-electron chi connectivity index (χ0n) is 17.7. The molecule has 3 fully saturated rings. The highest BCUT2D eigenvalue weighted by Gasteiger charge is 2.56. The van der Waals surface area contributed by atoms with E-state index >= 15 is 0 Å². The van der Waals surface area contributed by atoms with Gasteiger partial charge in [0.05, 0.1) is 6.10 Å². The van der Waals surface area contributed by atoms with Gasteiger partial charge in [-0.05, 0) is 75.0 Å². The van der Waals surface area contributed by atoms with Crippen LogP contribution >= 0.6 is 0 Å². The summed E-state index contributed by atoms with van der Waals surface area (Å²) < 4.78 is 6.23. The van der Waals surface area contributed by atoms with E-state index in [-0.39, 0.29) is 5.41 Å². The van der Waals surface area contributed by atoms with Crippen LogP contribution in [0.25, 0.3) is 0 Å². The van der Waals surface area contributed by atoms with Crippen molar-refractivity contribution in [1.82, 2.24) is 0 Å². The number of fused-ring (bicyclic) bond motifs is 5. The second-order valence-electron chi connectivity index (χ2n) is 10.1. The molecule has 0 radical (unpaired) electrons. The van der Waals surface area contributed by atoms with Gasteiger partial charge in [-0.3, -0.25) is 4.79 Å². The maximum atomic E-state index is 12.5. The molecule has 0 aromatic rings. The van der Waals surface area contributed by atoms with Crippen molar-refractivity contribution in [2.24, 2.45) is 29.1 Å². The van der Waals surface area contributed by atoms with Crippen molar-refractivity contribution in [2.45, 2.75) is 103 Å². The molecular formula is C25H40O2. The van der Waals surface area contributed by atoms with Crippen molar-refractivity contribution in [3.63, 3.8) is 0 Å². The molecule has 0 bridgehead atoms. The summed E-state index contributed by atoms with van der Waals surface area (Å²) in [6.45, 7) is 5.50. The fraction of sp³-hybridized carbons (Fsp3) is 0.880. The summed E-state index contributed by atoms with van der Waals surface area (Å²) in [5.41, 5.74) is 1.74. The van der Waals surface area contributed by atoms with Gasteiger partial charge in [0.25, 0.3) is 0 Å². The Hall–Kier alpha value is -0.630. The summed E-state index contributed by atoms with van der Waals surface area (Å²) >= 11 is 0. The number of unbranched alkanes of at least 4 members (excludes halogenated alkanes) is 4. The van der Waals surface area contributed by atoms with E-state index in [1.165, 1.54) is 70.6 Å². The van der Waals surface area contributed by atoms with Gasteiger partial charge in [-0.2, -0.15) is 0 Å². The van der Waals surface area contributed by atoms with Crippen molar-refractivity contribution in [1.29, 1.82) is 0 Å². The number of allylic oxidation sites excluding steroid dienone is 1. The standard InChI is InChI=1S/C25H40O2/c1-3-4-5-6-7-16-27-19-9-11-20-18(17-19)8-10-22-21(20)14-15-25(2)23(22)12-13-24(25)26/h17,19-23H,3-16H2,1-2H3/t19-,20-,21+,22+,23-,25-/m0/s1. The molecule has 4 rings (SSSR count). The van der Waals surface area contributed by atoms with E-state index in [0.717, 1.165) is 37.2 Å². The summed E-state index contributed by atoms with van der Waals surface area (Å²) in [5, 5.41) is 0. The van der Waals surface area contributed by atoms with Crippen molar-refractivity contribution >= 4 is 5.78 Å². The van der Waals surface area contributed by atoms with Crippen LogP contribution in [-0.2, 0) is 9.53 Å². The van der Waals surface area contributed by atoms with Gasteiger partial charge in [-0.1, -0.05) is 51.2 Å². The topological polar surface area (TPSA) is 26.3 Å². The van der Waals surface area contributed by atoms with Crippen LogP contribution in [0.3, 0.4) is 0 Å². The highest BCUT2D eigenvalue weighted by molar-refractivity contribution is 5.87. The van der Waals surface area contributed by atoms with Crippen LogP contribution in [0, 0.1) is 29.1 Å². The van der Waals surface area contributed by atoms with Crippen LogP contribution in [0.4, 0.5) is 0 Å². The van der Waals surface area contributed by atoms with E-state index in [1.807, 2.05) is 0 Å². The fourth-order valence-electron chi connectivity index (χ4n) is 7.14. The molecule has 0 aromatic carbocycles. The Morgan fingerprint density at radius 3 is 2.70 bits per heavy atom. The van der Waals surface area contributed by atoms with Gasteiger partial charge in [0.15, 0.2) is 0 Å². The molecule has 0 saturated heterocycles. The van der Waals surface area contributed by atoms with E-state index in [0.29, 0.717) is 17.8 Å². The molecular weight excluding hydrogens is 332 g/mol. The molecule has 2 heteroatoms. The van der Waals surface area contributed by atoms with Crippen molar-refractivity contribution < 1.29 is 9.53 Å². The third kappa shape index (κ3) is 3.80. The number of ether oxygens (including phenoxy) is 1. The van der Waals surface area contributed by atoms with Gasteiger partial charge < -0.3 is 4.74 Å². The number of carbonyl (C=O) groups is 1. The molecule has 0 amide bonds. The molecule has 0 N–H and O–H groups in total. The summed E-state index contributed by atoms with van der Waals surface area (Å²) in [7, 11) is 0. The molecule has 152 valence electrons. The molecule has 4 aliphatic rings. The molecule has 2 nitrogen and oxygen atoms in total. The Morgan fingerprint density at radius 1 is 1.00 bits per heavy atom. The number of Topliss-reactive ketones (excluding diaryl/α,β-unsaturated/α-hetero) is 1. The molecule has 27 heavy (non-hydrogen) atoms. The van der Waals surface area contributed by atoms with Gasteiger partial charge in [0, 0.05) is 18.4 Å². The number of hydrogen-bond acceptors (Lipinski definition) is 2. The van der Waals surface area contributed by atoms with E-state index in [4.69, 9.17) is 4.74 Å². The van der Waals surface area contributed by atoms with Crippen LogP contribution in [0.2, 0.25) is 0 Å². The predicted molar refractivity (Wildman–Crippen MR) is 111 cm³/mol. The van der Waals surface area contributed by atoms with E-state index in [9.17, 15) is 4.79 Å². The average molecular weight is 373 g/mol. The predicted octanol–water partition coefficient (Wildman–Crippen LogP) is 6.48. The van der Waals surface area contributed by atoms with Crippen LogP contribution < -0.4 is 0 Å². The second-order valence-corrected chi connectivity index (χ2v) is 10.1. The minimum Gasteiger partial charge on any atom is -0.374 e. The number of hydrogen-bond donors (Lipinski definition) is 0. The summed E-state index contributed by atoms with van der Waals surface area (Å²) in [5.74, 6) is 3.72. The zero-order valence-corrected chi connectivity index (χ0v) is 17.7. The molecule has 3 saturated carbocycles. The molecule has 0 spiro atoms. The van der Waals surface area contributed by atoms with Gasteiger partial charge in [0.2, 0.25) is 0 Å². The Bertz CT molecular complexity index is 565. The monoisotopic (exact) mass is 372 g/mol. The van der Waals surface area contributed by atoms with Crippen molar-refractivity contribution in [2.75, 3.05) is 6.61 Å². The van der Waals surface area contributed by atoms with E-state index in [1.54, 1.807) is 5.57 Å². The summed E-state index contributed by atoms with van der Waals surface area (Å²) in [6.07, 6.45) is 19.1. The zero-order chi connectivity index (χ0) is 18.9. The van der Waals surface area contributed by atoms with Crippen molar-refractivity contribution in [3.8, 4) is 0 Å². The lowest BCUT2D eigenvalue weighted by Crippen LogP contribution is -2.46. The Labute approximate surface area is 166 Å². The summed E-state index contributed by atoms with van der Waals surface area (Å²) in [6, 6.07) is 0. The van der Waals surface area contributed by atoms with E-state index in [2.05, 4.69) is 19.9 Å². The van der Waals surface area contributed by atoms with Crippen LogP contribution in [-0.4, -0.2) is 18.5 Å². The SMILES string of the molecule is CCCCCCCO[C@@H]1C=C2CC[C@@H]3[C@H](CC[C@]4(C)C(=O)CC[C@@H]34)[C@H]2CC1. The van der Waals surface area contributed by atoms with Gasteiger partial charge in [0.1, 0.15) is 5.78 Å². The largest absolute Gasteiger partial charge is 0.374 e. The lowest BCUT2D eigenvalue weighted by atomic mass is 9.52. The molecule has 6 atom stereocenters. The quantitative estimate of drug-likeness (QED) is 0.377. The smallest absolute Gasteiger partial charge is 0.139 e. The minimum atomic E-state index is 0.0282. The lowest BCUT2D eigenvalue weighted by molar-refractivity contribution is -0.131. The Balaban J connectivity index is 1.32. The normalized spacial score (nSPS) is 40.9. The Morgan fingerprint density at radius 2 is 1.85 bits per heavy atom. The second kappa shape index (κ2) is 8.39. The highest BCUT2D eigenvalue weighted by Crippen LogP contribution is 2.60. The molecule has 0 aliphatic heterocycles. The van der Waals surface area contributed by atoms with E-state index < -0.39 is 0 Å². The minimum absolute atomic E-state index is 0.0282. The average Bonchev–Trinajstić information content (AvgIpc) is 2.99. The van der Waals surface area contributed by atoms with Crippen LogP contribution in [0.1, 0.15) is 97.3 Å². The first kappa shape index (κ1) is 19.7. The molecule has 0 unspecified atom stereocenters. The first-order valence-corrected chi connectivity index (χ1v) is 12.0. The lowest BCUT2D eigenvalue weighted by Gasteiger charge is -2.52. The maximum absolute atomic E-state index is 12.5. The van der Waals surface area contributed by atoms with Gasteiger partial charge >= 0.3 is 0 Å². The third-order valence-corrected chi connectivity index (χ3v) is 8.70. The van der Waals surface area contributed by atoms with Crippen molar-refractivity contribution in [3.05, 3.63) is 11.6 Å².